The van der Waals surface area contributed by atoms with E-state index in [1.807, 2.05) is 20.8 Å². The van der Waals surface area contributed by atoms with Crippen molar-refractivity contribution in [3.8, 4) is 11.5 Å². The lowest BCUT2D eigenvalue weighted by atomic mass is 10.1. The van der Waals surface area contributed by atoms with Gasteiger partial charge in [0.05, 0.1) is 26.2 Å². The molecular weight excluding hydrogens is 470 g/mol. The minimum Gasteiger partial charge on any atom is -0.497 e. The van der Waals surface area contributed by atoms with Crippen LogP contribution >= 0.6 is 0 Å². The average Bonchev–Trinajstić information content (AvgIpc) is 2.79. The molecule has 0 fully saturated rings. The maximum Gasteiger partial charge on any atom is 0.244 e. The van der Waals surface area contributed by atoms with Gasteiger partial charge in [-0.25, -0.2) is 8.42 Å². The molecule has 0 spiro atoms. The van der Waals surface area contributed by atoms with E-state index in [0.29, 0.717) is 11.5 Å². The molecular formula is C25H35N3O6S. The molecule has 35 heavy (non-hydrogen) atoms. The van der Waals surface area contributed by atoms with Gasteiger partial charge in [-0.1, -0.05) is 24.3 Å². The van der Waals surface area contributed by atoms with E-state index in [2.05, 4.69) is 5.32 Å². The van der Waals surface area contributed by atoms with Crippen molar-refractivity contribution in [2.45, 2.75) is 45.8 Å². The van der Waals surface area contributed by atoms with Crippen LogP contribution in [0, 0.1) is 0 Å². The molecule has 0 bridgehead atoms. The SMILES string of the molecule is COc1ccc(CN(C(=O)CN(c2ccccc2OC)S(C)(=O)=O)[C@H](C)C(=O)NC(C)(C)C)cc1. The van der Waals surface area contributed by atoms with Crippen LogP contribution in [0.5, 0.6) is 11.5 Å². The maximum atomic E-state index is 13.6. The molecule has 10 heteroatoms. The Morgan fingerprint density at radius 1 is 1.00 bits per heavy atom. The number of amides is 2. The largest absolute Gasteiger partial charge is 0.497 e. The number of benzene rings is 2. The number of nitrogens with zero attached hydrogens (tertiary/aromatic N) is 2. The number of nitrogens with one attached hydrogen (secondary N) is 1. The number of carbonyl (C=O) groups excluding carboxylic acids is 2. The zero-order valence-electron chi connectivity index (χ0n) is 21.4. The molecule has 0 saturated heterocycles. The van der Waals surface area contributed by atoms with Crippen LogP contribution in [0.3, 0.4) is 0 Å². The molecule has 0 saturated carbocycles. The van der Waals surface area contributed by atoms with Crippen LogP contribution in [0.15, 0.2) is 48.5 Å². The highest BCUT2D eigenvalue weighted by Crippen LogP contribution is 2.29. The first kappa shape index (κ1) is 28.0. The van der Waals surface area contributed by atoms with Crippen molar-refractivity contribution in [1.29, 1.82) is 0 Å². The van der Waals surface area contributed by atoms with Gasteiger partial charge in [-0.3, -0.25) is 13.9 Å². The Balaban J connectivity index is 2.43. The van der Waals surface area contributed by atoms with E-state index in [1.165, 1.54) is 12.0 Å². The van der Waals surface area contributed by atoms with Gasteiger partial charge < -0.3 is 19.7 Å². The zero-order valence-corrected chi connectivity index (χ0v) is 22.2. The number of rotatable bonds is 10. The Morgan fingerprint density at radius 2 is 1.60 bits per heavy atom. The second-order valence-electron chi connectivity index (χ2n) is 9.23. The van der Waals surface area contributed by atoms with Gasteiger partial charge in [-0.05, 0) is 57.5 Å². The molecule has 2 rings (SSSR count). The number of hydrogen-bond donors (Lipinski definition) is 1. The Kier molecular flexibility index (Phi) is 9.14. The third kappa shape index (κ3) is 7.88. The number of anilines is 1. The summed E-state index contributed by atoms with van der Waals surface area (Å²) in [6.45, 7) is 6.77. The van der Waals surface area contributed by atoms with Gasteiger partial charge in [0, 0.05) is 12.1 Å². The summed E-state index contributed by atoms with van der Waals surface area (Å²) in [5, 5.41) is 2.89. The number of sulfonamides is 1. The van der Waals surface area contributed by atoms with Crippen LogP contribution in [0.4, 0.5) is 5.69 Å². The van der Waals surface area contributed by atoms with Crippen molar-refractivity contribution in [2.24, 2.45) is 0 Å². The van der Waals surface area contributed by atoms with E-state index >= 15 is 0 Å². The summed E-state index contributed by atoms with van der Waals surface area (Å²) >= 11 is 0. The van der Waals surface area contributed by atoms with Crippen LogP contribution in [0.1, 0.15) is 33.3 Å². The Hall–Kier alpha value is -3.27. The van der Waals surface area contributed by atoms with E-state index in [4.69, 9.17) is 9.47 Å². The number of carbonyl (C=O) groups is 2. The van der Waals surface area contributed by atoms with Crippen LogP contribution in [0.2, 0.25) is 0 Å². The molecule has 9 nitrogen and oxygen atoms in total. The first-order valence-corrected chi connectivity index (χ1v) is 13.0. The Labute approximate surface area is 208 Å². The number of ether oxygens (including phenoxy) is 2. The van der Waals surface area contributed by atoms with Crippen LogP contribution < -0.4 is 19.1 Å². The van der Waals surface area contributed by atoms with E-state index in [0.717, 1.165) is 16.1 Å². The van der Waals surface area contributed by atoms with Crippen LogP contribution in [0.25, 0.3) is 0 Å². The molecule has 1 atom stereocenters. The number of methoxy groups -OCH3 is 2. The predicted octanol–water partition coefficient (Wildman–Crippen LogP) is 2.80. The summed E-state index contributed by atoms with van der Waals surface area (Å²) in [7, 11) is -0.863. The molecule has 0 unspecified atom stereocenters. The molecule has 0 radical (unpaired) electrons. The second kappa shape index (κ2) is 11.4. The van der Waals surface area contributed by atoms with Gasteiger partial charge in [-0.15, -0.1) is 0 Å². The minimum atomic E-state index is -3.85. The van der Waals surface area contributed by atoms with Crippen LogP contribution in [-0.4, -0.2) is 63.7 Å². The van der Waals surface area contributed by atoms with Crippen LogP contribution in [-0.2, 0) is 26.2 Å². The normalized spacial score (nSPS) is 12.4. The molecule has 0 aliphatic heterocycles. The van der Waals surface area contributed by atoms with Gasteiger partial charge in [0.1, 0.15) is 24.1 Å². The third-order valence-corrected chi connectivity index (χ3v) is 6.34. The van der Waals surface area contributed by atoms with E-state index in [9.17, 15) is 18.0 Å². The molecule has 0 aliphatic rings. The monoisotopic (exact) mass is 505 g/mol. The standard InChI is InChI=1S/C25H35N3O6S/c1-18(24(30)26-25(2,3)4)27(16-19-12-14-20(33-5)15-13-19)23(29)17-28(35(7,31)32)21-10-8-9-11-22(21)34-6/h8-15,18H,16-17H2,1-7H3,(H,26,30)/t18-/m1/s1. The molecule has 2 amide bonds. The zero-order chi connectivity index (χ0) is 26.4. The van der Waals surface area contributed by atoms with Gasteiger partial charge in [0.15, 0.2) is 0 Å². The van der Waals surface area contributed by atoms with Crippen molar-refractivity contribution < 1.29 is 27.5 Å². The third-order valence-electron chi connectivity index (χ3n) is 5.21. The quantitative estimate of drug-likeness (QED) is 0.532. The lowest BCUT2D eigenvalue weighted by Crippen LogP contribution is -2.54. The highest BCUT2D eigenvalue weighted by Gasteiger charge is 2.32. The summed E-state index contributed by atoms with van der Waals surface area (Å²) in [6, 6.07) is 12.8. The van der Waals surface area contributed by atoms with Gasteiger partial charge >= 0.3 is 0 Å². The van der Waals surface area contributed by atoms with Gasteiger partial charge in [0.25, 0.3) is 0 Å². The van der Waals surface area contributed by atoms with Crippen molar-refractivity contribution in [1.82, 2.24) is 10.2 Å². The average molecular weight is 506 g/mol. The molecule has 0 aliphatic carbocycles. The van der Waals surface area contributed by atoms with Crippen molar-refractivity contribution in [2.75, 3.05) is 31.3 Å². The summed E-state index contributed by atoms with van der Waals surface area (Å²) in [4.78, 5) is 27.9. The molecule has 192 valence electrons. The second-order valence-corrected chi connectivity index (χ2v) is 11.1. The van der Waals surface area contributed by atoms with E-state index in [-0.39, 0.29) is 18.1 Å². The Bertz CT molecular complexity index is 1130. The minimum absolute atomic E-state index is 0.102. The summed E-state index contributed by atoms with van der Waals surface area (Å²) in [5.41, 5.74) is 0.496. The van der Waals surface area contributed by atoms with Gasteiger partial charge in [-0.2, -0.15) is 0 Å². The number of para-hydroxylation sites is 2. The first-order valence-electron chi connectivity index (χ1n) is 11.1. The number of hydrogen-bond acceptors (Lipinski definition) is 6. The maximum absolute atomic E-state index is 13.6. The fraction of sp³-hybridized carbons (Fsp3) is 0.440. The predicted molar refractivity (Wildman–Crippen MR) is 136 cm³/mol. The van der Waals surface area contributed by atoms with Crippen molar-refractivity contribution >= 4 is 27.5 Å². The first-order chi connectivity index (χ1) is 16.3. The highest BCUT2D eigenvalue weighted by atomic mass is 32.2. The molecule has 0 heterocycles. The lowest BCUT2D eigenvalue weighted by Gasteiger charge is -2.33. The summed E-state index contributed by atoms with van der Waals surface area (Å²) in [6.07, 6.45) is 1.02. The summed E-state index contributed by atoms with van der Waals surface area (Å²) in [5.74, 6) is 0.0896. The molecule has 2 aromatic carbocycles. The fourth-order valence-corrected chi connectivity index (χ4v) is 4.27. The fourth-order valence-electron chi connectivity index (χ4n) is 3.41. The van der Waals surface area contributed by atoms with E-state index < -0.39 is 34.1 Å². The van der Waals surface area contributed by atoms with Gasteiger partial charge in [0.2, 0.25) is 21.8 Å². The van der Waals surface area contributed by atoms with Crippen molar-refractivity contribution in [3.05, 3.63) is 54.1 Å². The van der Waals surface area contributed by atoms with Crippen molar-refractivity contribution in [3.63, 3.8) is 0 Å². The highest BCUT2D eigenvalue weighted by molar-refractivity contribution is 7.92. The smallest absolute Gasteiger partial charge is 0.244 e. The molecule has 1 N–H and O–H groups in total. The molecule has 2 aromatic rings. The van der Waals surface area contributed by atoms with E-state index in [1.54, 1.807) is 62.6 Å². The lowest BCUT2D eigenvalue weighted by molar-refractivity contribution is -0.140. The summed E-state index contributed by atoms with van der Waals surface area (Å²) < 4.78 is 36.9. The Morgan fingerprint density at radius 3 is 2.11 bits per heavy atom. The molecule has 0 aromatic heterocycles. The topological polar surface area (TPSA) is 105 Å².